The summed E-state index contributed by atoms with van der Waals surface area (Å²) >= 11 is 0. The van der Waals surface area contributed by atoms with Crippen molar-refractivity contribution in [3.63, 3.8) is 0 Å². The van der Waals surface area contributed by atoms with Crippen LogP contribution in [-0.2, 0) is 4.43 Å². The molecule has 0 saturated heterocycles. The number of rotatable bonds is 7. The second-order valence-electron chi connectivity index (χ2n) is 14.4. The minimum absolute atomic E-state index is 0.431. The molecular weight excluding hydrogens is 416 g/mol. The van der Waals surface area contributed by atoms with E-state index < -0.39 is 8.32 Å². The normalized spacial score (nSPS) is 38.5. The molecule has 188 valence electrons. The van der Waals surface area contributed by atoms with Crippen molar-refractivity contribution >= 4 is 8.32 Å². The predicted molar refractivity (Wildman–Crippen MR) is 146 cm³/mol. The van der Waals surface area contributed by atoms with E-state index in [0.717, 1.165) is 29.6 Å². The summed E-state index contributed by atoms with van der Waals surface area (Å²) in [6.07, 6.45) is 16.8. The zero-order valence-corrected chi connectivity index (χ0v) is 24.5. The molecule has 1 saturated carbocycles. The molecule has 0 bridgehead atoms. The standard InChI is InChI=1S/C31H54OSi/c1-21(2)22(3)10-11-23(4)27-14-15-28-26-13-12-24-20-25(32-33(7,8)9)16-18-30(24,5)29(26)17-19-31(27,28)6/h15,21-25,27H,10-14,16-20H2,1-9H3/t22-,23-,24+,25+,27-,30+,31-/m1/s1. The minimum Gasteiger partial charge on any atom is -0.415 e. The van der Waals surface area contributed by atoms with E-state index in [4.69, 9.17) is 4.43 Å². The van der Waals surface area contributed by atoms with Gasteiger partial charge < -0.3 is 4.43 Å². The molecule has 0 aromatic heterocycles. The summed E-state index contributed by atoms with van der Waals surface area (Å²) in [6.45, 7) is 22.2. The quantitative estimate of drug-likeness (QED) is 0.336. The van der Waals surface area contributed by atoms with Crippen molar-refractivity contribution in [1.82, 2.24) is 0 Å². The highest BCUT2D eigenvalue weighted by atomic mass is 28.4. The highest BCUT2D eigenvalue weighted by molar-refractivity contribution is 6.69. The van der Waals surface area contributed by atoms with E-state index in [0.29, 0.717) is 16.9 Å². The van der Waals surface area contributed by atoms with Gasteiger partial charge in [-0.1, -0.05) is 66.0 Å². The molecule has 4 aliphatic rings. The van der Waals surface area contributed by atoms with E-state index in [1.165, 1.54) is 64.2 Å². The molecule has 0 radical (unpaired) electrons. The van der Waals surface area contributed by atoms with Gasteiger partial charge in [0.2, 0.25) is 0 Å². The largest absolute Gasteiger partial charge is 0.415 e. The molecule has 7 atom stereocenters. The van der Waals surface area contributed by atoms with Crippen LogP contribution in [0.25, 0.3) is 0 Å². The molecule has 33 heavy (non-hydrogen) atoms. The first-order valence-electron chi connectivity index (χ1n) is 14.5. The van der Waals surface area contributed by atoms with Gasteiger partial charge in [-0.3, -0.25) is 0 Å². The van der Waals surface area contributed by atoms with Gasteiger partial charge in [-0.2, -0.15) is 0 Å². The van der Waals surface area contributed by atoms with Gasteiger partial charge in [0.25, 0.3) is 0 Å². The van der Waals surface area contributed by atoms with Crippen LogP contribution in [0.1, 0.15) is 106 Å². The third kappa shape index (κ3) is 4.86. The van der Waals surface area contributed by atoms with Gasteiger partial charge in [-0.05, 0) is 123 Å². The molecule has 0 N–H and O–H groups in total. The van der Waals surface area contributed by atoms with Gasteiger partial charge in [-0.25, -0.2) is 0 Å². The second-order valence-corrected chi connectivity index (χ2v) is 18.9. The van der Waals surface area contributed by atoms with Crippen molar-refractivity contribution in [2.75, 3.05) is 0 Å². The smallest absolute Gasteiger partial charge is 0.184 e. The van der Waals surface area contributed by atoms with Crippen LogP contribution < -0.4 is 0 Å². The Kier molecular flexibility index (Phi) is 7.23. The molecule has 2 heteroatoms. The van der Waals surface area contributed by atoms with Crippen molar-refractivity contribution in [2.24, 2.45) is 40.4 Å². The van der Waals surface area contributed by atoms with Gasteiger partial charge >= 0.3 is 0 Å². The van der Waals surface area contributed by atoms with E-state index >= 15 is 0 Å². The predicted octanol–water partition coefficient (Wildman–Crippen LogP) is 9.56. The Morgan fingerprint density at radius 3 is 2.36 bits per heavy atom. The van der Waals surface area contributed by atoms with E-state index in [1.54, 1.807) is 5.57 Å². The van der Waals surface area contributed by atoms with Crippen LogP contribution in [0.3, 0.4) is 0 Å². The molecule has 0 aliphatic heterocycles. The maximum atomic E-state index is 6.60. The number of fused-ring (bicyclic) bond motifs is 4. The van der Waals surface area contributed by atoms with Crippen molar-refractivity contribution in [1.29, 1.82) is 0 Å². The Balaban J connectivity index is 1.49. The molecule has 0 aromatic rings. The summed E-state index contributed by atoms with van der Waals surface area (Å²) < 4.78 is 6.60. The van der Waals surface area contributed by atoms with E-state index in [9.17, 15) is 0 Å². The lowest BCUT2D eigenvalue weighted by molar-refractivity contribution is 0.0316. The van der Waals surface area contributed by atoms with Crippen LogP contribution in [-0.4, -0.2) is 14.4 Å². The number of hydrogen-bond acceptors (Lipinski definition) is 1. The maximum Gasteiger partial charge on any atom is 0.184 e. The summed E-state index contributed by atoms with van der Waals surface area (Å²) in [6, 6.07) is 0. The molecule has 4 aliphatic carbocycles. The molecule has 0 amide bonds. The topological polar surface area (TPSA) is 9.23 Å². The first kappa shape index (κ1) is 25.7. The number of allylic oxidation sites excluding steroid dienone is 4. The Bertz CT molecular complexity index is 785. The summed E-state index contributed by atoms with van der Waals surface area (Å²) in [5, 5.41) is 0. The van der Waals surface area contributed by atoms with Gasteiger partial charge in [0.05, 0.1) is 0 Å². The lowest BCUT2D eigenvalue weighted by Crippen LogP contribution is -2.46. The molecule has 0 aromatic carbocycles. The summed E-state index contributed by atoms with van der Waals surface area (Å²) in [5.74, 6) is 4.20. The molecule has 0 unspecified atom stereocenters. The second kappa shape index (κ2) is 9.27. The molecule has 1 fully saturated rings. The molecule has 0 spiro atoms. The van der Waals surface area contributed by atoms with Crippen LogP contribution >= 0.6 is 0 Å². The fourth-order valence-corrected chi connectivity index (χ4v) is 9.59. The van der Waals surface area contributed by atoms with Crippen LogP contribution in [0.5, 0.6) is 0 Å². The van der Waals surface area contributed by atoms with Crippen molar-refractivity contribution in [3.05, 3.63) is 22.8 Å². The lowest BCUT2D eigenvalue weighted by atomic mass is 9.51. The average molecular weight is 471 g/mol. The first-order chi connectivity index (χ1) is 15.3. The zero-order chi connectivity index (χ0) is 24.2. The molecule has 4 rings (SSSR count). The Labute approximate surface area is 207 Å². The number of hydrogen-bond donors (Lipinski definition) is 0. The van der Waals surface area contributed by atoms with Crippen molar-refractivity contribution in [2.45, 2.75) is 131 Å². The summed E-state index contributed by atoms with van der Waals surface area (Å²) in [4.78, 5) is 0. The Morgan fingerprint density at radius 1 is 0.970 bits per heavy atom. The van der Waals surface area contributed by atoms with Crippen LogP contribution in [0.15, 0.2) is 22.8 Å². The van der Waals surface area contributed by atoms with Crippen LogP contribution in [0.4, 0.5) is 0 Å². The Morgan fingerprint density at radius 2 is 1.70 bits per heavy atom. The van der Waals surface area contributed by atoms with Gasteiger partial charge in [0.15, 0.2) is 8.32 Å². The van der Waals surface area contributed by atoms with Gasteiger partial charge in [0, 0.05) is 6.10 Å². The van der Waals surface area contributed by atoms with Gasteiger partial charge in [-0.15, -0.1) is 0 Å². The fourth-order valence-electron chi connectivity index (χ4n) is 8.38. The fraction of sp³-hybridized carbons (Fsp3) is 0.871. The summed E-state index contributed by atoms with van der Waals surface area (Å²) in [5.41, 5.74) is 6.39. The van der Waals surface area contributed by atoms with Crippen molar-refractivity contribution in [3.8, 4) is 0 Å². The van der Waals surface area contributed by atoms with Crippen LogP contribution in [0, 0.1) is 40.4 Å². The monoisotopic (exact) mass is 470 g/mol. The minimum atomic E-state index is -1.45. The molecular formula is C31H54OSi. The van der Waals surface area contributed by atoms with Crippen molar-refractivity contribution < 1.29 is 4.43 Å². The zero-order valence-electron chi connectivity index (χ0n) is 23.5. The lowest BCUT2D eigenvalue weighted by Gasteiger charge is -2.54. The third-order valence-corrected chi connectivity index (χ3v) is 11.9. The van der Waals surface area contributed by atoms with E-state index in [2.05, 4.69) is 67.3 Å². The van der Waals surface area contributed by atoms with E-state index in [1.807, 2.05) is 11.1 Å². The highest BCUT2D eigenvalue weighted by Crippen LogP contribution is 2.64. The van der Waals surface area contributed by atoms with Crippen LogP contribution in [0.2, 0.25) is 19.6 Å². The van der Waals surface area contributed by atoms with Gasteiger partial charge in [0.1, 0.15) is 0 Å². The van der Waals surface area contributed by atoms with E-state index in [-0.39, 0.29) is 0 Å². The summed E-state index contributed by atoms with van der Waals surface area (Å²) in [7, 11) is -1.45. The third-order valence-electron chi connectivity index (χ3n) is 10.9. The molecule has 1 nitrogen and oxygen atoms in total. The molecule has 0 heterocycles. The average Bonchev–Trinajstić information content (AvgIpc) is 3.08. The first-order valence-corrected chi connectivity index (χ1v) is 17.9. The maximum absolute atomic E-state index is 6.60. The Hall–Kier alpha value is -0.343. The SMILES string of the molecule is CC(C)[C@H](C)CC[C@@H](C)[C@H]1CC=C2C3=C(CC[C@@]21C)[C@@]1(C)CC[C@H](O[Si](C)(C)C)C[C@@H]1CC3. The highest BCUT2D eigenvalue weighted by Gasteiger charge is 2.53.